The Hall–Kier alpha value is -1.00. The number of carbonyl (C=O) groups excluding carboxylic acids is 1. The van der Waals surface area contributed by atoms with Crippen molar-refractivity contribution in [2.75, 3.05) is 30.8 Å². The maximum Gasteiger partial charge on any atom is 0.232 e. The third-order valence-corrected chi connectivity index (χ3v) is 3.89. The topological polar surface area (TPSA) is 32.3 Å². The van der Waals surface area contributed by atoms with E-state index in [1.54, 1.807) is 4.90 Å². The monoisotopic (exact) mass is 250 g/mol. The summed E-state index contributed by atoms with van der Waals surface area (Å²) in [4.78, 5) is 15.0. The summed E-state index contributed by atoms with van der Waals surface area (Å²) in [5.41, 5.74) is 0.974. The van der Waals surface area contributed by atoms with Gasteiger partial charge < -0.3 is 10.2 Å². The molecule has 0 spiro atoms. The predicted molar refractivity (Wildman–Crippen MR) is 72.6 cm³/mol. The van der Waals surface area contributed by atoms with E-state index in [2.05, 4.69) is 24.4 Å². The lowest BCUT2D eigenvalue weighted by atomic mass is 10.0. The minimum absolute atomic E-state index is 0.157. The van der Waals surface area contributed by atoms with Crippen LogP contribution in [0.5, 0.6) is 0 Å². The Balaban J connectivity index is 2.02. The fourth-order valence-electron chi connectivity index (χ4n) is 1.80. The molecule has 1 aromatic rings. The van der Waals surface area contributed by atoms with Crippen LogP contribution in [0.3, 0.4) is 0 Å². The molecule has 17 heavy (non-hydrogen) atoms. The van der Waals surface area contributed by atoms with E-state index in [4.69, 9.17) is 0 Å². The molecule has 0 atom stereocenters. The maximum absolute atomic E-state index is 12.0. The number of hydrogen-bond donors (Lipinski definition) is 1. The van der Waals surface area contributed by atoms with Gasteiger partial charge in [-0.05, 0) is 30.0 Å². The molecule has 0 unspecified atom stereocenters. The van der Waals surface area contributed by atoms with Crippen LogP contribution in [0.2, 0.25) is 0 Å². The molecule has 1 aliphatic rings. The molecular formula is C13H18N2OS. The molecule has 0 radical (unpaired) electrons. The fraction of sp³-hybridized carbons (Fsp3) is 0.462. The van der Waals surface area contributed by atoms with E-state index in [1.807, 2.05) is 30.9 Å². The van der Waals surface area contributed by atoms with Crippen molar-refractivity contribution >= 4 is 23.4 Å². The number of nitrogens with zero attached hydrogens (tertiary/aromatic N) is 1. The van der Waals surface area contributed by atoms with Gasteiger partial charge in [0.05, 0.1) is 5.92 Å². The van der Waals surface area contributed by atoms with Crippen LogP contribution in [0.1, 0.15) is 6.92 Å². The van der Waals surface area contributed by atoms with Crippen molar-refractivity contribution in [3.63, 3.8) is 0 Å². The second-order valence-corrected chi connectivity index (χ2v) is 5.52. The Morgan fingerprint density at radius 1 is 1.41 bits per heavy atom. The van der Waals surface area contributed by atoms with Crippen molar-refractivity contribution in [2.45, 2.75) is 11.8 Å². The van der Waals surface area contributed by atoms with Gasteiger partial charge in [-0.1, -0.05) is 6.92 Å². The second kappa shape index (κ2) is 5.56. The summed E-state index contributed by atoms with van der Waals surface area (Å²) in [7, 11) is 1.85. The van der Waals surface area contributed by atoms with Crippen molar-refractivity contribution in [2.24, 2.45) is 5.92 Å². The average molecular weight is 250 g/mol. The molecule has 1 saturated heterocycles. The number of nitrogens with one attached hydrogen (secondary N) is 1. The van der Waals surface area contributed by atoms with Crippen LogP contribution in [-0.2, 0) is 4.79 Å². The molecule has 1 amide bonds. The summed E-state index contributed by atoms with van der Waals surface area (Å²) in [5, 5.41) is 3.12. The van der Waals surface area contributed by atoms with Crippen LogP contribution < -0.4 is 10.2 Å². The van der Waals surface area contributed by atoms with Crippen LogP contribution in [0, 0.1) is 5.92 Å². The Morgan fingerprint density at radius 2 is 2.06 bits per heavy atom. The van der Waals surface area contributed by atoms with Gasteiger partial charge in [0.1, 0.15) is 0 Å². The highest BCUT2D eigenvalue weighted by Gasteiger charge is 2.27. The highest BCUT2D eigenvalue weighted by Crippen LogP contribution is 2.22. The van der Waals surface area contributed by atoms with Crippen molar-refractivity contribution in [1.82, 2.24) is 5.32 Å². The van der Waals surface area contributed by atoms with Crippen LogP contribution in [0.4, 0.5) is 5.69 Å². The standard InChI is InChI=1S/C13H18N2OS/c1-3-17-12-6-4-11(5-7-12)15(2)13(16)10-8-14-9-10/h4-7,10,14H,3,8-9H2,1-2H3. The number of rotatable bonds is 4. The van der Waals surface area contributed by atoms with Gasteiger partial charge in [-0.2, -0.15) is 0 Å². The highest BCUT2D eigenvalue weighted by molar-refractivity contribution is 7.99. The van der Waals surface area contributed by atoms with Gasteiger partial charge in [-0.25, -0.2) is 0 Å². The summed E-state index contributed by atoms with van der Waals surface area (Å²) in [6.45, 7) is 3.76. The summed E-state index contributed by atoms with van der Waals surface area (Å²) >= 11 is 1.81. The van der Waals surface area contributed by atoms with Crippen LogP contribution in [-0.4, -0.2) is 31.8 Å². The average Bonchev–Trinajstić information content (AvgIpc) is 2.27. The number of hydrogen-bond acceptors (Lipinski definition) is 3. The van der Waals surface area contributed by atoms with E-state index in [9.17, 15) is 4.79 Å². The smallest absolute Gasteiger partial charge is 0.232 e. The Kier molecular flexibility index (Phi) is 4.07. The molecule has 92 valence electrons. The third kappa shape index (κ3) is 2.82. The van der Waals surface area contributed by atoms with Crippen LogP contribution >= 0.6 is 11.8 Å². The van der Waals surface area contributed by atoms with E-state index >= 15 is 0 Å². The molecule has 1 heterocycles. The first-order valence-corrected chi connectivity index (χ1v) is 6.92. The highest BCUT2D eigenvalue weighted by atomic mass is 32.2. The van der Waals surface area contributed by atoms with Gasteiger partial charge >= 0.3 is 0 Å². The van der Waals surface area contributed by atoms with Crippen molar-refractivity contribution in [3.8, 4) is 0 Å². The minimum Gasteiger partial charge on any atom is -0.315 e. The maximum atomic E-state index is 12.0. The summed E-state index contributed by atoms with van der Waals surface area (Å²) in [6.07, 6.45) is 0. The molecule has 4 heteroatoms. The van der Waals surface area contributed by atoms with E-state index < -0.39 is 0 Å². The first kappa shape index (κ1) is 12.5. The number of amides is 1. The Morgan fingerprint density at radius 3 is 2.53 bits per heavy atom. The molecule has 1 N–H and O–H groups in total. The van der Waals surface area contributed by atoms with Crippen LogP contribution in [0.25, 0.3) is 0 Å². The number of benzene rings is 1. The lowest BCUT2D eigenvalue weighted by Crippen LogP contribution is -2.51. The van der Waals surface area contributed by atoms with Gasteiger partial charge in [0.2, 0.25) is 5.91 Å². The first-order valence-electron chi connectivity index (χ1n) is 5.93. The number of carbonyl (C=O) groups is 1. The lowest BCUT2D eigenvalue weighted by Gasteiger charge is -2.30. The molecule has 0 aliphatic carbocycles. The van der Waals surface area contributed by atoms with E-state index in [-0.39, 0.29) is 11.8 Å². The molecule has 0 saturated carbocycles. The van der Waals surface area contributed by atoms with Crippen molar-refractivity contribution in [1.29, 1.82) is 0 Å². The van der Waals surface area contributed by atoms with Gasteiger partial charge in [0, 0.05) is 30.7 Å². The SMILES string of the molecule is CCSc1ccc(N(C)C(=O)C2CNC2)cc1. The summed E-state index contributed by atoms with van der Waals surface area (Å²) < 4.78 is 0. The molecule has 2 rings (SSSR count). The Bertz CT molecular complexity index is 387. The molecule has 1 aliphatic heterocycles. The molecule has 1 aromatic carbocycles. The van der Waals surface area contributed by atoms with Crippen molar-refractivity contribution < 1.29 is 4.79 Å². The zero-order chi connectivity index (χ0) is 12.3. The van der Waals surface area contributed by atoms with Crippen molar-refractivity contribution in [3.05, 3.63) is 24.3 Å². The fourth-order valence-corrected chi connectivity index (χ4v) is 2.46. The van der Waals surface area contributed by atoms with Gasteiger partial charge in [0.25, 0.3) is 0 Å². The number of anilines is 1. The zero-order valence-electron chi connectivity index (χ0n) is 10.3. The molecular weight excluding hydrogens is 232 g/mol. The van der Waals surface area contributed by atoms with Gasteiger partial charge in [0.15, 0.2) is 0 Å². The summed E-state index contributed by atoms with van der Waals surface area (Å²) in [5.74, 6) is 1.44. The zero-order valence-corrected chi connectivity index (χ0v) is 11.1. The van der Waals surface area contributed by atoms with Gasteiger partial charge in [-0.15, -0.1) is 11.8 Å². The number of thioether (sulfide) groups is 1. The van der Waals surface area contributed by atoms with E-state index in [0.717, 1.165) is 24.5 Å². The first-order chi connectivity index (χ1) is 8.22. The Labute approximate surface area is 107 Å². The van der Waals surface area contributed by atoms with Crippen LogP contribution in [0.15, 0.2) is 29.2 Å². The molecule has 0 aromatic heterocycles. The van der Waals surface area contributed by atoms with E-state index in [0.29, 0.717) is 0 Å². The van der Waals surface area contributed by atoms with E-state index in [1.165, 1.54) is 4.90 Å². The third-order valence-electron chi connectivity index (χ3n) is 3.00. The minimum atomic E-state index is 0.157. The molecule has 3 nitrogen and oxygen atoms in total. The second-order valence-electron chi connectivity index (χ2n) is 4.18. The normalized spacial score (nSPS) is 15.4. The predicted octanol–water partition coefficient (Wildman–Crippen LogP) is 1.98. The van der Waals surface area contributed by atoms with Gasteiger partial charge in [-0.3, -0.25) is 4.79 Å². The molecule has 0 bridgehead atoms. The quantitative estimate of drug-likeness (QED) is 0.829. The lowest BCUT2D eigenvalue weighted by molar-refractivity contribution is -0.123. The summed E-state index contributed by atoms with van der Waals surface area (Å²) in [6, 6.07) is 8.18. The molecule has 1 fully saturated rings. The largest absolute Gasteiger partial charge is 0.315 e.